The van der Waals surface area contributed by atoms with Crippen LogP contribution in [0.1, 0.15) is 245 Å². The smallest absolute Gasteiger partial charge is 0.306 e. The molecule has 0 saturated heterocycles. The summed E-state index contributed by atoms with van der Waals surface area (Å²) in [6.45, 7) is 6.37. The largest absolute Gasteiger partial charge is 0.462 e. The summed E-state index contributed by atoms with van der Waals surface area (Å²) in [4.78, 5) is 38.1. The Balaban J connectivity index is 4.47. The Morgan fingerprint density at radius 2 is 0.591 bits per heavy atom. The molecule has 6 heteroatoms. The fraction of sp³-hybridized carbons (Fsp3) is 0.683. The van der Waals surface area contributed by atoms with Crippen LogP contribution in [-0.4, -0.2) is 37.2 Å². The van der Waals surface area contributed by atoms with Gasteiger partial charge in [-0.1, -0.05) is 227 Å². The van der Waals surface area contributed by atoms with E-state index < -0.39 is 6.10 Å². The minimum Gasteiger partial charge on any atom is -0.462 e. The van der Waals surface area contributed by atoms with Gasteiger partial charge in [0.25, 0.3) is 0 Å². The Morgan fingerprint density at radius 3 is 0.939 bits per heavy atom. The predicted molar refractivity (Wildman–Crippen MR) is 284 cm³/mol. The second-order valence-corrected chi connectivity index (χ2v) is 17.7. The minimum absolute atomic E-state index is 0.0943. The molecule has 0 radical (unpaired) electrons. The highest BCUT2D eigenvalue weighted by molar-refractivity contribution is 5.71. The van der Waals surface area contributed by atoms with Crippen LogP contribution in [0.15, 0.2) is 97.2 Å². The van der Waals surface area contributed by atoms with Crippen LogP contribution in [0.25, 0.3) is 0 Å². The van der Waals surface area contributed by atoms with Gasteiger partial charge in [-0.2, -0.15) is 0 Å². The zero-order chi connectivity index (χ0) is 47.9. The highest BCUT2D eigenvalue weighted by atomic mass is 16.6. The van der Waals surface area contributed by atoms with E-state index in [2.05, 4.69) is 118 Å². The minimum atomic E-state index is -0.800. The SMILES string of the molecule is CC/C=C/C/C=C/C/C=C/C/C=C/C/C=C/CCCCCC(=O)OC[C@@H](COC(=O)CCCCCCCCCCCCCCCC)OC(=O)CCCCCCC/C=C/C/C=C/C/C=C/CC. The van der Waals surface area contributed by atoms with Crippen molar-refractivity contribution in [1.82, 2.24) is 0 Å². The van der Waals surface area contributed by atoms with Crippen LogP contribution in [0.5, 0.6) is 0 Å². The molecule has 376 valence electrons. The van der Waals surface area contributed by atoms with E-state index in [0.29, 0.717) is 19.3 Å². The number of unbranched alkanes of at least 4 members (excludes halogenated alkanes) is 21. The topological polar surface area (TPSA) is 78.9 Å². The first-order chi connectivity index (χ1) is 32.5. The van der Waals surface area contributed by atoms with E-state index in [4.69, 9.17) is 14.2 Å². The Morgan fingerprint density at radius 1 is 0.318 bits per heavy atom. The van der Waals surface area contributed by atoms with E-state index in [1.165, 1.54) is 70.6 Å². The molecule has 0 aromatic rings. The van der Waals surface area contributed by atoms with Crippen LogP contribution < -0.4 is 0 Å². The van der Waals surface area contributed by atoms with Crippen molar-refractivity contribution in [2.75, 3.05) is 13.2 Å². The average Bonchev–Trinajstić information content (AvgIpc) is 3.31. The summed E-state index contributed by atoms with van der Waals surface area (Å²) in [6.07, 6.45) is 71.0. The molecule has 0 aliphatic heterocycles. The Labute approximate surface area is 407 Å². The summed E-state index contributed by atoms with van der Waals surface area (Å²) in [5.41, 5.74) is 0. The Kier molecular flexibility index (Phi) is 50.9. The third-order valence-corrected chi connectivity index (χ3v) is 11.3. The van der Waals surface area contributed by atoms with E-state index in [-0.39, 0.29) is 31.1 Å². The highest BCUT2D eigenvalue weighted by Gasteiger charge is 2.19. The Hall–Kier alpha value is -3.67. The van der Waals surface area contributed by atoms with E-state index in [9.17, 15) is 14.4 Å². The van der Waals surface area contributed by atoms with Gasteiger partial charge in [0.2, 0.25) is 0 Å². The summed E-state index contributed by atoms with van der Waals surface area (Å²) in [6, 6.07) is 0. The first-order valence-electron chi connectivity index (χ1n) is 27.2. The predicted octanol–water partition coefficient (Wildman–Crippen LogP) is 18.1. The van der Waals surface area contributed by atoms with Gasteiger partial charge in [0.05, 0.1) is 0 Å². The zero-order valence-corrected chi connectivity index (χ0v) is 42.9. The molecule has 0 saturated carbocycles. The summed E-state index contributed by atoms with van der Waals surface area (Å²) in [5.74, 6) is -0.943. The first-order valence-corrected chi connectivity index (χ1v) is 27.2. The third-order valence-electron chi connectivity index (χ3n) is 11.3. The molecule has 6 nitrogen and oxygen atoms in total. The van der Waals surface area contributed by atoms with Gasteiger partial charge in [-0.15, -0.1) is 0 Å². The lowest BCUT2D eigenvalue weighted by Gasteiger charge is -2.18. The second-order valence-electron chi connectivity index (χ2n) is 17.7. The Bertz CT molecular complexity index is 1330. The van der Waals surface area contributed by atoms with Gasteiger partial charge in [-0.25, -0.2) is 0 Å². The van der Waals surface area contributed by atoms with Gasteiger partial charge in [-0.3, -0.25) is 14.4 Å². The van der Waals surface area contributed by atoms with Crippen molar-refractivity contribution in [3.05, 3.63) is 97.2 Å². The maximum Gasteiger partial charge on any atom is 0.306 e. The fourth-order valence-electron chi connectivity index (χ4n) is 7.31. The molecule has 0 amide bonds. The van der Waals surface area contributed by atoms with Crippen molar-refractivity contribution in [1.29, 1.82) is 0 Å². The number of allylic oxidation sites excluding steroid dienone is 16. The van der Waals surface area contributed by atoms with Gasteiger partial charge >= 0.3 is 17.9 Å². The van der Waals surface area contributed by atoms with Crippen molar-refractivity contribution >= 4 is 17.9 Å². The molecule has 0 aromatic carbocycles. The molecule has 0 bridgehead atoms. The molecule has 0 aromatic heterocycles. The summed E-state index contributed by atoms with van der Waals surface area (Å²) < 4.78 is 16.8. The summed E-state index contributed by atoms with van der Waals surface area (Å²) in [5, 5.41) is 0. The summed E-state index contributed by atoms with van der Waals surface area (Å²) >= 11 is 0. The van der Waals surface area contributed by atoms with E-state index in [0.717, 1.165) is 135 Å². The van der Waals surface area contributed by atoms with Crippen LogP contribution in [0, 0.1) is 0 Å². The number of rotatable bonds is 48. The van der Waals surface area contributed by atoms with Crippen molar-refractivity contribution < 1.29 is 28.6 Å². The molecule has 0 aliphatic rings. The lowest BCUT2D eigenvalue weighted by molar-refractivity contribution is -0.167. The van der Waals surface area contributed by atoms with Gasteiger partial charge in [0.15, 0.2) is 6.10 Å². The van der Waals surface area contributed by atoms with E-state index >= 15 is 0 Å². The van der Waals surface area contributed by atoms with Crippen LogP contribution in [-0.2, 0) is 28.6 Å². The maximum absolute atomic E-state index is 12.8. The van der Waals surface area contributed by atoms with Crippen LogP contribution in [0.2, 0.25) is 0 Å². The van der Waals surface area contributed by atoms with Crippen molar-refractivity contribution in [3.63, 3.8) is 0 Å². The van der Waals surface area contributed by atoms with Crippen LogP contribution in [0.4, 0.5) is 0 Å². The molecule has 1 atom stereocenters. The maximum atomic E-state index is 12.8. The monoisotopic (exact) mass is 917 g/mol. The summed E-state index contributed by atoms with van der Waals surface area (Å²) in [7, 11) is 0. The lowest BCUT2D eigenvalue weighted by atomic mass is 10.0. The molecule has 0 fully saturated rings. The zero-order valence-electron chi connectivity index (χ0n) is 42.9. The van der Waals surface area contributed by atoms with Crippen molar-refractivity contribution in [2.45, 2.75) is 252 Å². The van der Waals surface area contributed by atoms with Gasteiger partial charge in [0.1, 0.15) is 13.2 Å². The van der Waals surface area contributed by atoms with Gasteiger partial charge < -0.3 is 14.2 Å². The van der Waals surface area contributed by atoms with Gasteiger partial charge in [0, 0.05) is 19.3 Å². The number of hydrogen-bond acceptors (Lipinski definition) is 6. The normalized spacial score (nSPS) is 12.8. The first kappa shape index (κ1) is 62.3. The molecular formula is C60H100O6. The quantitative estimate of drug-likeness (QED) is 0.0262. The number of ether oxygens (including phenoxy) is 3. The third kappa shape index (κ3) is 51.3. The number of carbonyl (C=O) groups is 3. The molecule has 0 aliphatic carbocycles. The van der Waals surface area contributed by atoms with Crippen LogP contribution >= 0.6 is 0 Å². The molecule has 66 heavy (non-hydrogen) atoms. The van der Waals surface area contributed by atoms with E-state index in [1.807, 2.05) is 0 Å². The molecule has 0 heterocycles. The van der Waals surface area contributed by atoms with Gasteiger partial charge in [-0.05, 0) is 96.3 Å². The number of esters is 3. The van der Waals surface area contributed by atoms with Crippen molar-refractivity contribution in [2.24, 2.45) is 0 Å². The molecule has 0 N–H and O–H groups in total. The molecule has 0 rings (SSSR count). The molecular weight excluding hydrogens is 817 g/mol. The average molecular weight is 917 g/mol. The second kappa shape index (κ2) is 53.9. The standard InChI is InChI=1S/C60H100O6/c1-4-7-10-13-16-19-22-25-28-29-30-31-33-35-38-41-44-47-50-53-59(62)65-56-57(55-64-58(61)52-49-46-43-40-37-34-27-24-21-18-15-12-9-6-3)66-60(63)54-51-48-45-42-39-36-32-26-23-20-17-14-11-8-5-2/h7-8,10-11,16-17,19-20,25-26,28,30-32,35,38,57H,4-6,9,12-15,18,21-24,27,29,33-34,36-37,39-56H2,1-3H3/b10-7+,11-8+,19-16+,20-17+,28-25+,31-30+,32-26+,38-35+/t57-/m1/s1. The highest BCUT2D eigenvalue weighted by Crippen LogP contribution is 2.15. The fourth-order valence-corrected chi connectivity index (χ4v) is 7.31. The number of hydrogen-bond donors (Lipinski definition) is 0. The van der Waals surface area contributed by atoms with Crippen molar-refractivity contribution in [3.8, 4) is 0 Å². The molecule has 0 spiro atoms. The van der Waals surface area contributed by atoms with E-state index in [1.54, 1.807) is 0 Å². The molecule has 0 unspecified atom stereocenters. The number of carbonyl (C=O) groups excluding carboxylic acids is 3. The lowest BCUT2D eigenvalue weighted by Crippen LogP contribution is -2.30. The van der Waals surface area contributed by atoms with Crippen LogP contribution in [0.3, 0.4) is 0 Å².